The first-order chi connectivity index (χ1) is 9.62. The van der Waals surface area contributed by atoms with Crippen molar-refractivity contribution in [1.29, 1.82) is 5.26 Å². The largest absolute Gasteiger partial charge is 0.320 e. The Morgan fingerprint density at radius 2 is 2.10 bits per heavy atom. The van der Waals surface area contributed by atoms with Crippen LogP contribution in [0.3, 0.4) is 0 Å². The molecule has 0 bridgehead atoms. The molecular weight excluding hydrogens is 268 g/mol. The molecule has 1 aromatic heterocycles. The van der Waals surface area contributed by atoms with Crippen molar-refractivity contribution >= 4 is 22.7 Å². The Hall–Kier alpha value is -1.54. The molecule has 1 spiro atoms. The van der Waals surface area contributed by atoms with Gasteiger partial charge in [-0.15, -0.1) is 0 Å². The Balaban J connectivity index is 1.81. The van der Waals surface area contributed by atoms with Gasteiger partial charge in [-0.1, -0.05) is 24.6 Å². The second-order valence-electron chi connectivity index (χ2n) is 5.66. The Labute approximate surface area is 123 Å². The lowest BCUT2D eigenvalue weighted by Gasteiger charge is -2.16. The van der Waals surface area contributed by atoms with Crippen LogP contribution in [0.15, 0.2) is 11.1 Å². The van der Waals surface area contributed by atoms with Crippen LogP contribution in [0.4, 0.5) is 5.82 Å². The number of hydrogen-bond acceptors (Lipinski definition) is 5. The fraction of sp³-hybridized carbons (Fsp3) is 0.533. The maximum Gasteiger partial charge on any atom is 0.162 e. The minimum atomic E-state index is 0.184. The first kappa shape index (κ1) is 13.4. The van der Waals surface area contributed by atoms with E-state index in [1.807, 2.05) is 19.9 Å². The summed E-state index contributed by atoms with van der Waals surface area (Å²) in [5.74, 6) is 1.88. The number of thioether (sulfide) groups is 1. The molecule has 0 atom stereocenters. The van der Waals surface area contributed by atoms with Crippen LogP contribution in [-0.4, -0.2) is 21.4 Å². The third-order valence-electron chi connectivity index (χ3n) is 4.09. The fourth-order valence-electron chi connectivity index (χ4n) is 3.01. The molecule has 1 saturated carbocycles. The standard InChI is InChI=1S/C15H18N4S/c1-10-7-13(17-11(2)12(10)8-16)18-14-19-15(9-20-14)5-3-4-6-15/h7H,3-6,9H2,1-2H3,(H,17,18,19). The summed E-state index contributed by atoms with van der Waals surface area (Å²) >= 11 is 1.79. The van der Waals surface area contributed by atoms with Crippen molar-refractivity contribution < 1.29 is 0 Å². The van der Waals surface area contributed by atoms with Gasteiger partial charge in [0.15, 0.2) is 5.17 Å². The van der Waals surface area contributed by atoms with E-state index in [0.717, 1.165) is 28.0 Å². The van der Waals surface area contributed by atoms with Gasteiger partial charge in [-0.3, -0.25) is 4.99 Å². The number of pyridine rings is 1. The number of hydrogen-bond donors (Lipinski definition) is 1. The Morgan fingerprint density at radius 3 is 2.75 bits per heavy atom. The van der Waals surface area contributed by atoms with Gasteiger partial charge in [0.25, 0.3) is 0 Å². The minimum Gasteiger partial charge on any atom is -0.320 e. The average Bonchev–Trinajstić information content (AvgIpc) is 3.00. The van der Waals surface area contributed by atoms with Gasteiger partial charge < -0.3 is 5.32 Å². The van der Waals surface area contributed by atoms with E-state index in [1.54, 1.807) is 11.8 Å². The molecule has 20 heavy (non-hydrogen) atoms. The van der Waals surface area contributed by atoms with Gasteiger partial charge in [0.05, 0.1) is 16.8 Å². The van der Waals surface area contributed by atoms with Crippen LogP contribution >= 0.6 is 11.8 Å². The summed E-state index contributed by atoms with van der Waals surface area (Å²) in [5, 5.41) is 13.4. The topological polar surface area (TPSA) is 61.1 Å². The average molecular weight is 286 g/mol. The predicted octanol–water partition coefficient (Wildman–Crippen LogP) is 3.40. The summed E-state index contributed by atoms with van der Waals surface area (Å²) < 4.78 is 0. The second-order valence-corrected chi connectivity index (χ2v) is 6.62. The third kappa shape index (κ3) is 2.40. The lowest BCUT2D eigenvalue weighted by molar-refractivity contribution is 0.508. The summed E-state index contributed by atoms with van der Waals surface area (Å²) in [6.07, 6.45) is 5.02. The van der Waals surface area contributed by atoms with Crippen molar-refractivity contribution in [3.63, 3.8) is 0 Å². The van der Waals surface area contributed by atoms with E-state index in [4.69, 9.17) is 10.3 Å². The number of nitrogens with zero attached hydrogens (tertiary/aromatic N) is 3. The zero-order valence-corrected chi connectivity index (χ0v) is 12.7. The molecule has 0 radical (unpaired) electrons. The van der Waals surface area contributed by atoms with Crippen LogP contribution in [0, 0.1) is 25.2 Å². The first-order valence-corrected chi connectivity index (χ1v) is 7.98. The number of aromatic nitrogens is 1. The molecule has 1 aromatic rings. The van der Waals surface area contributed by atoms with E-state index in [2.05, 4.69) is 16.4 Å². The number of aliphatic imine (C=N–C) groups is 1. The van der Waals surface area contributed by atoms with Crippen molar-refractivity contribution in [2.75, 3.05) is 11.1 Å². The molecule has 1 fully saturated rings. The number of aryl methyl sites for hydroxylation is 2. The molecule has 2 heterocycles. The van der Waals surface area contributed by atoms with Gasteiger partial charge in [0.1, 0.15) is 11.9 Å². The van der Waals surface area contributed by atoms with E-state index in [9.17, 15) is 0 Å². The smallest absolute Gasteiger partial charge is 0.162 e. The van der Waals surface area contributed by atoms with E-state index in [1.165, 1.54) is 25.7 Å². The molecule has 104 valence electrons. The Kier molecular flexibility index (Phi) is 3.43. The molecular formula is C15H18N4S. The van der Waals surface area contributed by atoms with Crippen LogP contribution in [0.2, 0.25) is 0 Å². The van der Waals surface area contributed by atoms with E-state index in [0.29, 0.717) is 5.56 Å². The highest BCUT2D eigenvalue weighted by molar-refractivity contribution is 8.14. The van der Waals surface area contributed by atoms with Crippen molar-refractivity contribution in [1.82, 2.24) is 4.98 Å². The maximum atomic E-state index is 9.08. The van der Waals surface area contributed by atoms with Crippen molar-refractivity contribution in [3.05, 3.63) is 22.9 Å². The summed E-state index contributed by atoms with van der Waals surface area (Å²) in [6, 6.07) is 4.12. The number of nitrogens with one attached hydrogen (secondary N) is 1. The van der Waals surface area contributed by atoms with E-state index in [-0.39, 0.29) is 5.54 Å². The molecule has 2 aliphatic rings. The molecule has 3 rings (SSSR count). The zero-order chi connectivity index (χ0) is 14.2. The maximum absolute atomic E-state index is 9.08. The quantitative estimate of drug-likeness (QED) is 0.859. The Morgan fingerprint density at radius 1 is 1.35 bits per heavy atom. The molecule has 5 heteroatoms. The van der Waals surface area contributed by atoms with Crippen LogP contribution < -0.4 is 5.32 Å². The summed E-state index contributed by atoms with van der Waals surface area (Å²) in [5.41, 5.74) is 2.59. The van der Waals surface area contributed by atoms with Gasteiger partial charge in [0.2, 0.25) is 0 Å². The monoisotopic (exact) mass is 286 g/mol. The molecule has 0 aromatic carbocycles. The predicted molar refractivity (Wildman–Crippen MR) is 83.1 cm³/mol. The summed E-state index contributed by atoms with van der Waals surface area (Å²) in [7, 11) is 0. The van der Waals surface area contributed by atoms with E-state index >= 15 is 0 Å². The molecule has 1 aliphatic carbocycles. The highest BCUT2D eigenvalue weighted by Gasteiger charge is 2.38. The second kappa shape index (κ2) is 5.10. The van der Waals surface area contributed by atoms with Gasteiger partial charge in [-0.2, -0.15) is 5.26 Å². The van der Waals surface area contributed by atoms with Crippen LogP contribution in [0.25, 0.3) is 0 Å². The van der Waals surface area contributed by atoms with Crippen molar-refractivity contribution in [3.8, 4) is 6.07 Å². The molecule has 0 saturated heterocycles. The van der Waals surface area contributed by atoms with Crippen LogP contribution in [0.1, 0.15) is 42.5 Å². The third-order valence-corrected chi connectivity index (χ3v) is 5.24. The lowest BCUT2D eigenvalue weighted by atomic mass is 10.0. The highest BCUT2D eigenvalue weighted by Crippen LogP contribution is 2.41. The molecule has 4 nitrogen and oxygen atoms in total. The number of anilines is 1. The molecule has 1 aliphatic heterocycles. The van der Waals surface area contributed by atoms with Gasteiger partial charge in [-0.05, 0) is 38.3 Å². The summed E-state index contributed by atoms with van der Waals surface area (Å²) in [4.78, 5) is 9.34. The number of nitriles is 1. The summed E-state index contributed by atoms with van der Waals surface area (Å²) in [6.45, 7) is 3.82. The van der Waals surface area contributed by atoms with Crippen molar-refractivity contribution in [2.45, 2.75) is 45.1 Å². The zero-order valence-electron chi connectivity index (χ0n) is 11.9. The highest BCUT2D eigenvalue weighted by atomic mass is 32.2. The van der Waals surface area contributed by atoms with Gasteiger partial charge >= 0.3 is 0 Å². The van der Waals surface area contributed by atoms with Crippen LogP contribution in [-0.2, 0) is 0 Å². The minimum absolute atomic E-state index is 0.184. The van der Waals surface area contributed by atoms with Gasteiger partial charge in [-0.25, -0.2) is 4.98 Å². The lowest BCUT2D eigenvalue weighted by Crippen LogP contribution is -2.21. The Bertz CT molecular complexity index is 586. The SMILES string of the molecule is Cc1cc(NC2=NC3(CCCC3)CS2)nc(C)c1C#N. The normalized spacial score (nSPS) is 19.9. The first-order valence-electron chi connectivity index (χ1n) is 7.00. The molecule has 1 N–H and O–H groups in total. The molecule has 0 amide bonds. The number of amidine groups is 1. The molecule has 0 unspecified atom stereocenters. The fourth-order valence-corrected chi connectivity index (χ4v) is 4.20. The van der Waals surface area contributed by atoms with Crippen LogP contribution in [0.5, 0.6) is 0 Å². The van der Waals surface area contributed by atoms with Crippen molar-refractivity contribution in [2.24, 2.45) is 4.99 Å². The van der Waals surface area contributed by atoms with E-state index < -0.39 is 0 Å². The van der Waals surface area contributed by atoms with Gasteiger partial charge in [0, 0.05) is 5.75 Å². The number of rotatable bonds is 1.